The van der Waals surface area contributed by atoms with Crippen LogP contribution < -0.4 is 5.32 Å². The number of carbonyl (C=O) groups is 1. The second-order valence-corrected chi connectivity index (χ2v) is 5.33. The fourth-order valence-electron chi connectivity index (χ4n) is 2.82. The molecule has 0 aromatic rings. The lowest BCUT2D eigenvalue weighted by atomic mass is 10.1. The van der Waals surface area contributed by atoms with E-state index in [0.29, 0.717) is 11.8 Å². The van der Waals surface area contributed by atoms with Crippen molar-refractivity contribution in [3.8, 4) is 0 Å². The van der Waals surface area contributed by atoms with Gasteiger partial charge < -0.3 is 10.2 Å². The van der Waals surface area contributed by atoms with E-state index in [9.17, 15) is 4.79 Å². The highest BCUT2D eigenvalue weighted by Gasteiger charge is 2.25. The third-order valence-electron chi connectivity index (χ3n) is 4.04. The molecule has 2 aliphatic rings. The maximum atomic E-state index is 12.1. The van der Waals surface area contributed by atoms with Crippen LogP contribution in [0.4, 0.5) is 0 Å². The number of hydrogen-bond donors (Lipinski definition) is 1. The van der Waals surface area contributed by atoms with Crippen LogP contribution in [0.5, 0.6) is 0 Å². The van der Waals surface area contributed by atoms with E-state index in [1.54, 1.807) is 0 Å². The van der Waals surface area contributed by atoms with Crippen molar-refractivity contribution in [3.05, 3.63) is 0 Å². The monoisotopic (exact) mass is 239 g/mol. The Bertz CT molecular complexity index is 245. The van der Waals surface area contributed by atoms with E-state index in [1.165, 1.54) is 12.8 Å². The molecule has 1 saturated heterocycles. The number of hydrogen-bond acceptors (Lipinski definition) is 3. The largest absolute Gasteiger partial charge is 0.344 e. The first kappa shape index (κ1) is 12.8. The minimum atomic E-state index is 0.322. The highest BCUT2D eigenvalue weighted by atomic mass is 16.2. The van der Waals surface area contributed by atoms with Crippen LogP contribution in [0.2, 0.25) is 0 Å². The fraction of sp³-hybridized carbons (Fsp3) is 0.923. The van der Waals surface area contributed by atoms with Gasteiger partial charge in [-0.15, -0.1) is 0 Å². The number of carbonyl (C=O) groups excluding carboxylic acids is 1. The predicted octanol–water partition coefficient (Wildman–Crippen LogP) is 0.540. The van der Waals surface area contributed by atoms with Crippen molar-refractivity contribution in [2.75, 3.05) is 46.3 Å². The van der Waals surface area contributed by atoms with Gasteiger partial charge in [-0.25, -0.2) is 0 Å². The van der Waals surface area contributed by atoms with Gasteiger partial charge in [0, 0.05) is 52.2 Å². The van der Waals surface area contributed by atoms with E-state index in [2.05, 4.69) is 10.2 Å². The summed E-state index contributed by atoms with van der Waals surface area (Å²) in [4.78, 5) is 16.5. The summed E-state index contributed by atoms with van der Waals surface area (Å²) in [6.45, 7) is 6.31. The van der Waals surface area contributed by atoms with Crippen LogP contribution >= 0.6 is 0 Å². The molecule has 1 aliphatic carbocycles. The van der Waals surface area contributed by atoms with Crippen LogP contribution in [0.3, 0.4) is 0 Å². The molecular weight excluding hydrogens is 214 g/mol. The number of piperazine rings is 1. The van der Waals surface area contributed by atoms with Crippen LogP contribution in [-0.4, -0.2) is 62.0 Å². The average molecular weight is 239 g/mol. The van der Waals surface area contributed by atoms with Gasteiger partial charge in [0.1, 0.15) is 0 Å². The first-order valence-corrected chi connectivity index (χ1v) is 6.95. The summed E-state index contributed by atoms with van der Waals surface area (Å²) in [5.41, 5.74) is 0. The molecule has 0 spiro atoms. The van der Waals surface area contributed by atoms with Gasteiger partial charge in [-0.2, -0.15) is 0 Å². The third kappa shape index (κ3) is 3.68. The second-order valence-electron chi connectivity index (χ2n) is 5.33. The SMILES string of the molecule is CN(CCN1CCNCC1)C(=O)C1CCCC1. The van der Waals surface area contributed by atoms with E-state index in [4.69, 9.17) is 0 Å². The summed E-state index contributed by atoms with van der Waals surface area (Å²) >= 11 is 0. The van der Waals surface area contributed by atoms with Crippen molar-refractivity contribution >= 4 is 5.91 Å². The number of amides is 1. The zero-order valence-corrected chi connectivity index (χ0v) is 11.0. The molecule has 1 saturated carbocycles. The molecule has 17 heavy (non-hydrogen) atoms. The van der Waals surface area contributed by atoms with Crippen molar-refractivity contribution in [1.82, 2.24) is 15.1 Å². The van der Waals surface area contributed by atoms with Gasteiger partial charge in [0.05, 0.1) is 0 Å². The number of nitrogens with zero attached hydrogens (tertiary/aromatic N) is 2. The van der Waals surface area contributed by atoms with Crippen molar-refractivity contribution in [3.63, 3.8) is 0 Å². The first-order valence-electron chi connectivity index (χ1n) is 6.95. The van der Waals surface area contributed by atoms with Gasteiger partial charge in [-0.05, 0) is 12.8 Å². The van der Waals surface area contributed by atoms with Crippen LogP contribution in [0, 0.1) is 5.92 Å². The molecule has 4 nitrogen and oxygen atoms in total. The molecule has 0 atom stereocenters. The lowest BCUT2D eigenvalue weighted by Crippen LogP contribution is -2.47. The van der Waals surface area contributed by atoms with Gasteiger partial charge in [-0.1, -0.05) is 12.8 Å². The maximum Gasteiger partial charge on any atom is 0.225 e. The molecule has 1 aliphatic heterocycles. The fourth-order valence-corrected chi connectivity index (χ4v) is 2.82. The Hall–Kier alpha value is -0.610. The Labute approximate surface area is 104 Å². The standard InChI is InChI=1S/C13H25N3O/c1-15(13(17)12-4-2-3-5-12)10-11-16-8-6-14-7-9-16/h12,14H,2-11H2,1H3. The third-order valence-corrected chi connectivity index (χ3v) is 4.04. The predicted molar refractivity (Wildman–Crippen MR) is 68.9 cm³/mol. The van der Waals surface area contributed by atoms with E-state index < -0.39 is 0 Å². The minimum Gasteiger partial charge on any atom is -0.344 e. The molecule has 0 aromatic heterocycles. The smallest absolute Gasteiger partial charge is 0.225 e. The average Bonchev–Trinajstić information content (AvgIpc) is 2.90. The van der Waals surface area contributed by atoms with Gasteiger partial charge in [0.25, 0.3) is 0 Å². The maximum absolute atomic E-state index is 12.1. The Morgan fingerprint density at radius 2 is 1.94 bits per heavy atom. The molecule has 0 unspecified atom stereocenters. The quantitative estimate of drug-likeness (QED) is 0.778. The number of rotatable bonds is 4. The van der Waals surface area contributed by atoms with Crippen LogP contribution in [-0.2, 0) is 4.79 Å². The normalized spacial score (nSPS) is 22.9. The summed E-state index contributed by atoms with van der Waals surface area (Å²) in [7, 11) is 1.96. The molecule has 1 amide bonds. The van der Waals surface area contributed by atoms with E-state index in [0.717, 1.165) is 52.1 Å². The topological polar surface area (TPSA) is 35.6 Å². The highest BCUT2D eigenvalue weighted by Crippen LogP contribution is 2.26. The lowest BCUT2D eigenvalue weighted by molar-refractivity contribution is -0.134. The summed E-state index contributed by atoms with van der Waals surface area (Å²) in [5, 5.41) is 3.35. The summed E-state index contributed by atoms with van der Waals surface area (Å²) in [6, 6.07) is 0. The Kier molecular flexibility index (Phi) is 4.80. The van der Waals surface area contributed by atoms with Crippen molar-refractivity contribution < 1.29 is 4.79 Å². The molecule has 2 rings (SSSR count). The Balaban J connectivity index is 1.68. The Morgan fingerprint density at radius 3 is 2.59 bits per heavy atom. The molecule has 4 heteroatoms. The van der Waals surface area contributed by atoms with Gasteiger partial charge in [0.2, 0.25) is 5.91 Å². The first-order chi connectivity index (χ1) is 8.27. The molecule has 0 bridgehead atoms. The number of nitrogens with one attached hydrogen (secondary N) is 1. The van der Waals surface area contributed by atoms with Crippen molar-refractivity contribution in [1.29, 1.82) is 0 Å². The van der Waals surface area contributed by atoms with Crippen molar-refractivity contribution in [2.24, 2.45) is 5.92 Å². The highest BCUT2D eigenvalue weighted by molar-refractivity contribution is 5.78. The van der Waals surface area contributed by atoms with Crippen LogP contribution in [0.25, 0.3) is 0 Å². The van der Waals surface area contributed by atoms with Crippen LogP contribution in [0.15, 0.2) is 0 Å². The summed E-state index contributed by atoms with van der Waals surface area (Å²) < 4.78 is 0. The molecular formula is C13H25N3O. The summed E-state index contributed by atoms with van der Waals surface area (Å²) in [6.07, 6.45) is 4.69. The van der Waals surface area contributed by atoms with E-state index in [-0.39, 0.29) is 0 Å². The zero-order chi connectivity index (χ0) is 12.1. The minimum absolute atomic E-state index is 0.322. The van der Waals surface area contributed by atoms with Crippen molar-refractivity contribution in [2.45, 2.75) is 25.7 Å². The van der Waals surface area contributed by atoms with Crippen LogP contribution in [0.1, 0.15) is 25.7 Å². The zero-order valence-electron chi connectivity index (χ0n) is 11.0. The van der Waals surface area contributed by atoms with Gasteiger partial charge >= 0.3 is 0 Å². The van der Waals surface area contributed by atoms with E-state index in [1.807, 2.05) is 11.9 Å². The van der Waals surface area contributed by atoms with E-state index >= 15 is 0 Å². The lowest BCUT2D eigenvalue weighted by Gasteiger charge is -2.29. The molecule has 2 fully saturated rings. The molecule has 98 valence electrons. The number of likely N-dealkylation sites (N-methyl/N-ethyl adjacent to an activating group) is 1. The molecule has 1 N–H and O–H groups in total. The molecule has 0 aromatic carbocycles. The van der Waals surface area contributed by atoms with Gasteiger partial charge in [0.15, 0.2) is 0 Å². The Morgan fingerprint density at radius 1 is 1.29 bits per heavy atom. The van der Waals surface area contributed by atoms with Gasteiger partial charge in [-0.3, -0.25) is 9.69 Å². The summed E-state index contributed by atoms with van der Waals surface area (Å²) in [5.74, 6) is 0.695. The molecule has 0 radical (unpaired) electrons. The second kappa shape index (κ2) is 6.36. The molecule has 1 heterocycles.